The van der Waals surface area contributed by atoms with Gasteiger partial charge in [0.25, 0.3) is 0 Å². The fraction of sp³-hybridized carbons (Fsp3) is 0.462. The molecule has 0 aromatic heterocycles. The average molecular weight is 238 g/mol. The Labute approximate surface area is 101 Å². The topological polar surface area (TPSA) is 20.3 Å². The van der Waals surface area contributed by atoms with Crippen LogP contribution in [-0.4, -0.2) is 17.8 Å². The largest absolute Gasteiger partial charge is 0.368 e. The van der Waals surface area contributed by atoms with Crippen LogP contribution in [-0.2, 0) is 11.2 Å². The zero-order valence-electron chi connectivity index (χ0n) is 9.45. The van der Waals surface area contributed by atoms with Gasteiger partial charge in [0.05, 0.1) is 0 Å². The molecule has 2 nitrogen and oxygen atoms in total. The number of benzene rings is 1. The van der Waals surface area contributed by atoms with E-state index in [9.17, 15) is 4.79 Å². The molecule has 16 heavy (non-hydrogen) atoms. The second-order valence-electron chi connectivity index (χ2n) is 4.33. The maximum atomic E-state index is 10.7. The maximum Gasteiger partial charge on any atom is 0.221 e. The molecule has 0 N–H and O–H groups in total. The van der Waals surface area contributed by atoms with Crippen LogP contribution in [0.1, 0.15) is 25.3 Å². The zero-order valence-corrected chi connectivity index (χ0v) is 10.2. The fourth-order valence-electron chi connectivity index (χ4n) is 2.36. The first-order valence-corrected chi connectivity index (χ1v) is 6.09. The van der Waals surface area contributed by atoms with Crippen LogP contribution in [0, 0.1) is 0 Å². The highest BCUT2D eigenvalue weighted by molar-refractivity contribution is 6.63. The lowest BCUT2D eigenvalue weighted by Crippen LogP contribution is -2.30. The van der Waals surface area contributed by atoms with E-state index in [4.69, 9.17) is 11.6 Å². The van der Waals surface area contributed by atoms with Gasteiger partial charge < -0.3 is 4.90 Å². The molecule has 1 aliphatic heterocycles. The molecule has 1 atom stereocenters. The molecule has 0 aliphatic carbocycles. The lowest BCUT2D eigenvalue weighted by Gasteiger charge is -2.24. The van der Waals surface area contributed by atoms with Gasteiger partial charge in [-0.05, 0) is 43.0 Å². The van der Waals surface area contributed by atoms with Gasteiger partial charge in [0.15, 0.2) is 0 Å². The molecule has 3 heteroatoms. The zero-order chi connectivity index (χ0) is 11.5. The van der Waals surface area contributed by atoms with E-state index in [0.29, 0.717) is 12.5 Å². The standard InChI is InChI=1S/C13H16ClNO/c1-10-9-11-5-2-3-6-12(11)15(10)8-4-7-13(14)16/h2-3,5-6,10H,4,7-9H2,1H3. The molecule has 1 aromatic rings. The highest BCUT2D eigenvalue weighted by Gasteiger charge is 2.24. The molecule has 1 heterocycles. The Kier molecular flexibility index (Phi) is 3.49. The summed E-state index contributed by atoms with van der Waals surface area (Å²) in [6.45, 7) is 3.14. The van der Waals surface area contributed by atoms with Crippen molar-refractivity contribution in [3.63, 3.8) is 0 Å². The average Bonchev–Trinajstić information content (AvgIpc) is 2.55. The van der Waals surface area contributed by atoms with E-state index in [1.54, 1.807) is 0 Å². The molecule has 0 spiro atoms. The number of carbonyl (C=O) groups excluding carboxylic acids is 1. The van der Waals surface area contributed by atoms with E-state index in [2.05, 4.69) is 36.1 Å². The van der Waals surface area contributed by atoms with Gasteiger partial charge in [0.1, 0.15) is 0 Å². The lowest BCUT2D eigenvalue weighted by atomic mass is 10.1. The summed E-state index contributed by atoms with van der Waals surface area (Å²) >= 11 is 5.34. The first-order valence-electron chi connectivity index (χ1n) is 5.71. The van der Waals surface area contributed by atoms with Crippen molar-refractivity contribution in [1.82, 2.24) is 0 Å². The number of hydrogen-bond donors (Lipinski definition) is 0. The number of halogens is 1. The minimum atomic E-state index is -0.236. The molecular formula is C13H16ClNO. The summed E-state index contributed by atoms with van der Waals surface area (Å²) in [5.41, 5.74) is 2.73. The molecule has 0 bridgehead atoms. The van der Waals surface area contributed by atoms with Gasteiger partial charge in [0, 0.05) is 24.7 Å². The number of nitrogens with zero attached hydrogens (tertiary/aromatic N) is 1. The molecule has 0 radical (unpaired) electrons. The Bertz CT molecular complexity index is 391. The third kappa shape index (κ3) is 2.38. The Morgan fingerprint density at radius 2 is 2.25 bits per heavy atom. The first-order chi connectivity index (χ1) is 7.68. The summed E-state index contributed by atoms with van der Waals surface area (Å²) in [7, 11) is 0. The van der Waals surface area contributed by atoms with Gasteiger partial charge in [-0.1, -0.05) is 18.2 Å². The van der Waals surface area contributed by atoms with Gasteiger partial charge in [-0.2, -0.15) is 0 Å². The number of hydrogen-bond acceptors (Lipinski definition) is 2. The van der Waals surface area contributed by atoms with E-state index in [-0.39, 0.29) is 5.24 Å². The predicted molar refractivity (Wildman–Crippen MR) is 67.0 cm³/mol. The summed E-state index contributed by atoms with van der Waals surface area (Å²) in [6.07, 6.45) is 2.40. The normalized spacial score (nSPS) is 18.6. The van der Waals surface area contributed by atoms with E-state index >= 15 is 0 Å². The number of para-hydroxylation sites is 1. The van der Waals surface area contributed by atoms with Crippen molar-refractivity contribution in [2.75, 3.05) is 11.4 Å². The van der Waals surface area contributed by atoms with E-state index in [1.807, 2.05) is 0 Å². The summed E-state index contributed by atoms with van der Waals surface area (Å²) in [5, 5.41) is -0.236. The van der Waals surface area contributed by atoms with E-state index in [0.717, 1.165) is 19.4 Å². The van der Waals surface area contributed by atoms with Crippen molar-refractivity contribution < 1.29 is 4.79 Å². The summed E-state index contributed by atoms with van der Waals surface area (Å²) in [4.78, 5) is 13.1. The van der Waals surface area contributed by atoms with Gasteiger partial charge in [-0.25, -0.2) is 0 Å². The molecule has 0 saturated carbocycles. The van der Waals surface area contributed by atoms with Crippen LogP contribution in [0.25, 0.3) is 0 Å². The molecule has 2 rings (SSSR count). The third-order valence-corrected chi connectivity index (χ3v) is 3.31. The van der Waals surface area contributed by atoms with Crippen LogP contribution in [0.2, 0.25) is 0 Å². The van der Waals surface area contributed by atoms with E-state index in [1.165, 1.54) is 11.3 Å². The molecule has 0 fully saturated rings. The van der Waals surface area contributed by atoms with Crippen LogP contribution < -0.4 is 4.90 Å². The number of carbonyl (C=O) groups is 1. The second kappa shape index (κ2) is 4.88. The van der Waals surface area contributed by atoms with Gasteiger partial charge in [-0.15, -0.1) is 0 Å². The number of rotatable bonds is 4. The Morgan fingerprint density at radius 3 is 3.00 bits per heavy atom. The molecular weight excluding hydrogens is 222 g/mol. The van der Waals surface area contributed by atoms with Crippen molar-refractivity contribution >= 4 is 22.5 Å². The Balaban J connectivity index is 2.02. The minimum Gasteiger partial charge on any atom is -0.368 e. The maximum absolute atomic E-state index is 10.7. The van der Waals surface area contributed by atoms with E-state index < -0.39 is 0 Å². The highest BCUT2D eigenvalue weighted by atomic mass is 35.5. The third-order valence-electron chi connectivity index (χ3n) is 3.12. The molecule has 86 valence electrons. The SMILES string of the molecule is CC1Cc2ccccc2N1CCCC(=O)Cl. The van der Waals surface area contributed by atoms with Crippen LogP contribution in [0.5, 0.6) is 0 Å². The number of fused-ring (bicyclic) bond motifs is 1. The monoisotopic (exact) mass is 237 g/mol. The molecule has 0 amide bonds. The first kappa shape index (κ1) is 11.5. The fourth-order valence-corrected chi connectivity index (χ4v) is 2.49. The quantitative estimate of drug-likeness (QED) is 0.751. The highest BCUT2D eigenvalue weighted by Crippen LogP contribution is 2.31. The summed E-state index contributed by atoms with van der Waals surface area (Å²) in [5.74, 6) is 0. The predicted octanol–water partition coefficient (Wildman–Crippen LogP) is 2.98. The van der Waals surface area contributed by atoms with Crippen LogP contribution in [0.3, 0.4) is 0 Å². The smallest absolute Gasteiger partial charge is 0.221 e. The molecule has 1 aromatic carbocycles. The summed E-state index contributed by atoms with van der Waals surface area (Å²) in [6, 6.07) is 9.01. The van der Waals surface area contributed by atoms with Crippen molar-refractivity contribution in [2.24, 2.45) is 0 Å². The van der Waals surface area contributed by atoms with Crippen molar-refractivity contribution in [2.45, 2.75) is 32.2 Å². The van der Waals surface area contributed by atoms with Crippen LogP contribution >= 0.6 is 11.6 Å². The van der Waals surface area contributed by atoms with Crippen LogP contribution in [0.4, 0.5) is 5.69 Å². The lowest BCUT2D eigenvalue weighted by molar-refractivity contribution is -0.111. The Hall–Kier alpha value is -1.02. The van der Waals surface area contributed by atoms with Crippen LogP contribution in [0.15, 0.2) is 24.3 Å². The van der Waals surface area contributed by atoms with Crippen molar-refractivity contribution in [3.8, 4) is 0 Å². The Morgan fingerprint density at radius 1 is 1.50 bits per heavy atom. The van der Waals surface area contributed by atoms with Gasteiger partial charge in [0.2, 0.25) is 5.24 Å². The molecule has 1 unspecified atom stereocenters. The molecule has 0 saturated heterocycles. The number of anilines is 1. The minimum absolute atomic E-state index is 0.236. The van der Waals surface area contributed by atoms with Gasteiger partial charge >= 0.3 is 0 Å². The van der Waals surface area contributed by atoms with Crippen molar-refractivity contribution in [1.29, 1.82) is 0 Å². The molecule has 1 aliphatic rings. The second-order valence-corrected chi connectivity index (χ2v) is 4.76. The van der Waals surface area contributed by atoms with Crippen molar-refractivity contribution in [3.05, 3.63) is 29.8 Å². The summed E-state index contributed by atoms with van der Waals surface area (Å²) < 4.78 is 0. The van der Waals surface area contributed by atoms with Gasteiger partial charge in [-0.3, -0.25) is 4.79 Å².